The number of carbonyl (C=O) groups excluding carboxylic acids is 1. The van der Waals surface area contributed by atoms with Gasteiger partial charge in [-0.1, -0.05) is 44.2 Å². The molecule has 2 aromatic carbocycles. The lowest BCUT2D eigenvalue weighted by Crippen LogP contribution is -2.31. The van der Waals surface area contributed by atoms with Crippen molar-refractivity contribution < 1.29 is 13.2 Å². The van der Waals surface area contributed by atoms with Crippen molar-refractivity contribution in [3.8, 4) is 6.07 Å². The van der Waals surface area contributed by atoms with Crippen molar-refractivity contribution in [2.24, 2.45) is 7.05 Å². The number of fused-ring (bicyclic) bond motifs is 1. The van der Waals surface area contributed by atoms with Crippen LogP contribution < -0.4 is 0 Å². The first-order valence-electron chi connectivity index (χ1n) is 11.0. The fourth-order valence-corrected chi connectivity index (χ4v) is 5.30. The molecule has 33 heavy (non-hydrogen) atoms. The Morgan fingerprint density at radius 2 is 1.82 bits per heavy atom. The molecule has 3 aromatic rings. The first kappa shape index (κ1) is 24.4. The molecule has 0 aliphatic heterocycles. The number of aromatic nitrogens is 2. The van der Waals surface area contributed by atoms with E-state index in [4.69, 9.17) is 5.26 Å². The third kappa shape index (κ3) is 5.41. The Bertz CT molecular complexity index is 1260. The van der Waals surface area contributed by atoms with E-state index in [9.17, 15) is 13.2 Å². The third-order valence-electron chi connectivity index (χ3n) is 5.68. The fourth-order valence-electron chi connectivity index (χ4n) is 3.82. The van der Waals surface area contributed by atoms with E-state index in [2.05, 4.69) is 11.1 Å². The zero-order chi connectivity index (χ0) is 24.0. The Morgan fingerprint density at radius 1 is 1.12 bits per heavy atom. The summed E-state index contributed by atoms with van der Waals surface area (Å²) >= 11 is 0. The van der Waals surface area contributed by atoms with Crippen molar-refractivity contribution in [3.63, 3.8) is 0 Å². The molecular weight excluding hydrogens is 438 g/mol. The van der Waals surface area contributed by atoms with Crippen molar-refractivity contribution in [1.29, 1.82) is 5.26 Å². The minimum Gasteiger partial charge on any atom is -0.331 e. The molecule has 0 atom stereocenters. The molecule has 8 nitrogen and oxygen atoms in total. The van der Waals surface area contributed by atoms with E-state index < -0.39 is 10.0 Å². The molecule has 9 heteroatoms. The Kier molecular flexibility index (Phi) is 7.84. The largest absolute Gasteiger partial charge is 0.331 e. The highest BCUT2D eigenvalue weighted by molar-refractivity contribution is 7.89. The van der Waals surface area contributed by atoms with E-state index in [1.807, 2.05) is 55.8 Å². The van der Waals surface area contributed by atoms with Crippen LogP contribution in [0, 0.1) is 11.3 Å². The standard InChI is InChI=1S/C24H29N5O3S/c1-4-29(5-2)33(31,32)20-11-12-22-21(17-20)26-23(27(22)3)13-14-24(30)28(16-15-25)18-19-9-7-6-8-10-19/h6-12,17H,4-5,13-14,16,18H2,1-3H3. The van der Waals surface area contributed by atoms with Gasteiger partial charge in [0.2, 0.25) is 15.9 Å². The van der Waals surface area contributed by atoms with Gasteiger partial charge in [0, 0.05) is 39.5 Å². The van der Waals surface area contributed by atoms with Gasteiger partial charge in [0.1, 0.15) is 12.4 Å². The van der Waals surface area contributed by atoms with Gasteiger partial charge in [0.05, 0.1) is 22.0 Å². The summed E-state index contributed by atoms with van der Waals surface area (Å²) in [5.74, 6) is 0.560. The highest BCUT2D eigenvalue weighted by atomic mass is 32.2. The number of carbonyl (C=O) groups is 1. The average Bonchev–Trinajstić information content (AvgIpc) is 3.13. The van der Waals surface area contributed by atoms with Crippen LogP contribution in [0.15, 0.2) is 53.4 Å². The molecule has 0 saturated carbocycles. The Balaban J connectivity index is 1.78. The first-order chi connectivity index (χ1) is 15.8. The number of hydrogen-bond acceptors (Lipinski definition) is 5. The van der Waals surface area contributed by atoms with Gasteiger partial charge in [-0.15, -0.1) is 0 Å². The monoisotopic (exact) mass is 467 g/mol. The molecule has 0 fully saturated rings. The first-order valence-corrected chi connectivity index (χ1v) is 12.4. The number of sulfonamides is 1. The molecule has 1 heterocycles. The number of nitrogens with zero attached hydrogens (tertiary/aromatic N) is 5. The summed E-state index contributed by atoms with van der Waals surface area (Å²) in [5.41, 5.74) is 2.34. The minimum absolute atomic E-state index is 0.0167. The second kappa shape index (κ2) is 10.6. The molecule has 0 aliphatic carbocycles. The van der Waals surface area contributed by atoms with Gasteiger partial charge in [0.15, 0.2) is 0 Å². The summed E-state index contributed by atoms with van der Waals surface area (Å²) in [7, 11) is -1.72. The molecule has 1 aromatic heterocycles. The van der Waals surface area contributed by atoms with Crippen molar-refractivity contribution >= 4 is 27.0 Å². The van der Waals surface area contributed by atoms with Crippen LogP contribution in [0.4, 0.5) is 0 Å². The Labute approximate surface area is 195 Å². The van der Waals surface area contributed by atoms with Crippen LogP contribution in [-0.4, -0.2) is 52.7 Å². The Hall–Kier alpha value is -3.22. The van der Waals surface area contributed by atoms with Crippen LogP contribution in [0.25, 0.3) is 11.0 Å². The van der Waals surface area contributed by atoms with Crippen molar-refractivity contribution in [3.05, 3.63) is 59.9 Å². The summed E-state index contributed by atoms with van der Waals surface area (Å²) in [5, 5.41) is 9.14. The van der Waals surface area contributed by atoms with E-state index >= 15 is 0 Å². The number of imidazole rings is 1. The third-order valence-corrected chi connectivity index (χ3v) is 7.73. The molecule has 0 radical (unpaired) electrons. The predicted octanol–water partition coefficient (Wildman–Crippen LogP) is 3.09. The number of rotatable bonds is 10. The van der Waals surface area contributed by atoms with Gasteiger partial charge in [-0.2, -0.15) is 9.57 Å². The lowest BCUT2D eigenvalue weighted by atomic mass is 10.2. The zero-order valence-corrected chi connectivity index (χ0v) is 20.0. The topological polar surface area (TPSA) is 99.3 Å². The highest BCUT2D eigenvalue weighted by Gasteiger charge is 2.23. The van der Waals surface area contributed by atoms with Gasteiger partial charge < -0.3 is 9.47 Å². The van der Waals surface area contributed by atoms with Crippen LogP contribution in [-0.2, 0) is 34.8 Å². The smallest absolute Gasteiger partial charge is 0.243 e. The maximum Gasteiger partial charge on any atom is 0.243 e. The summed E-state index contributed by atoms with van der Waals surface area (Å²) in [4.78, 5) is 19.2. The number of benzene rings is 2. The highest BCUT2D eigenvalue weighted by Crippen LogP contribution is 2.23. The SMILES string of the molecule is CCN(CC)S(=O)(=O)c1ccc2c(c1)nc(CCC(=O)N(CC#N)Cc1ccccc1)n2C. The maximum absolute atomic E-state index is 12.8. The molecule has 0 spiro atoms. The van der Waals surface area contributed by atoms with E-state index in [1.165, 1.54) is 9.21 Å². The van der Waals surface area contributed by atoms with Gasteiger partial charge in [-0.3, -0.25) is 4.79 Å². The predicted molar refractivity (Wildman–Crippen MR) is 127 cm³/mol. The molecule has 0 aliphatic rings. The quantitative estimate of drug-likeness (QED) is 0.427. The minimum atomic E-state index is -3.58. The summed E-state index contributed by atoms with van der Waals surface area (Å²) in [6.45, 7) is 4.81. The second-order valence-corrected chi connectivity index (χ2v) is 9.66. The van der Waals surface area contributed by atoms with E-state index in [0.717, 1.165) is 11.1 Å². The van der Waals surface area contributed by atoms with Crippen molar-refractivity contribution in [2.75, 3.05) is 19.6 Å². The van der Waals surface area contributed by atoms with Crippen molar-refractivity contribution in [2.45, 2.75) is 38.1 Å². The molecule has 1 amide bonds. The number of amides is 1. The van der Waals surface area contributed by atoms with E-state index in [0.29, 0.717) is 37.4 Å². The summed E-state index contributed by atoms with van der Waals surface area (Å²) in [6, 6.07) is 16.6. The van der Waals surface area contributed by atoms with Crippen LogP contribution in [0.3, 0.4) is 0 Å². The molecule has 0 bridgehead atoms. The lowest BCUT2D eigenvalue weighted by molar-refractivity contribution is -0.131. The maximum atomic E-state index is 12.8. The molecule has 174 valence electrons. The van der Waals surface area contributed by atoms with Crippen LogP contribution in [0.5, 0.6) is 0 Å². The molecule has 0 unspecified atom stereocenters. The number of aryl methyl sites for hydroxylation is 2. The van der Waals surface area contributed by atoms with Crippen molar-refractivity contribution in [1.82, 2.24) is 18.8 Å². The van der Waals surface area contributed by atoms with Crippen LogP contribution in [0.1, 0.15) is 31.7 Å². The zero-order valence-electron chi connectivity index (χ0n) is 19.2. The van der Waals surface area contributed by atoms with Crippen LogP contribution in [0.2, 0.25) is 0 Å². The average molecular weight is 468 g/mol. The van der Waals surface area contributed by atoms with E-state index in [-0.39, 0.29) is 23.8 Å². The van der Waals surface area contributed by atoms with Gasteiger partial charge in [-0.05, 0) is 23.8 Å². The lowest BCUT2D eigenvalue weighted by Gasteiger charge is -2.19. The van der Waals surface area contributed by atoms with Gasteiger partial charge >= 0.3 is 0 Å². The van der Waals surface area contributed by atoms with Gasteiger partial charge in [0.25, 0.3) is 0 Å². The Morgan fingerprint density at radius 3 is 2.45 bits per heavy atom. The summed E-state index contributed by atoms with van der Waals surface area (Å²) < 4.78 is 29.0. The molecule has 3 rings (SSSR count). The molecule has 0 N–H and O–H groups in total. The normalized spacial score (nSPS) is 11.6. The van der Waals surface area contributed by atoms with E-state index in [1.54, 1.807) is 18.2 Å². The second-order valence-electron chi connectivity index (χ2n) is 7.72. The fraction of sp³-hybridized carbons (Fsp3) is 0.375. The molecule has 0 saturated heterocycles. The van der Waals surface area contributed by atoms with Crippen LogP contribution >= 0.6 is 0 Å². The van der Waals surface area contributed by atoms with Gasteiger partial charge in [-0.25, -0.2) is 13.4 Å². The molecular formula is C24H29N5O3S. The number of nitriles is 1. The summed E-state index contributed by atoms with van der Waals surface area (Å²) in [6.07, 6.45) is 0.592. The number of hydrogen-bond donors (Lipinski definition) is 0.